The summed E-state index contributed by atoms with van der Waals surface area (Å²) in [4.78, 5) is 0. The summed E-state index contributed by atoms with van der Waals surface area (Å²) in [6.45, 7) is 0. The Kier molecular flexibility index (Phi) is 9.20. The Morgan fingerprint density at radius 1 is 1.27 bits per heavy atom. The van der Waals surface area contributed by atoms with Gasteiger partial charge in [0.1, 0.15) is 0 Å². The molecule has 0 aliphatic rings. The predicted molar refractivity (Wildman–Crippen MR) is 48.3 cm³/mol. The molecule has 0 radical (unpaired) electrons. The highest BCUT2D eigenvalue weighted by molar-refractivity contribution is 5.75. The molecule has 1 aromatic carbocycles. The molecule has 0 atom stereocenters. The van der Waals surface area contributed by atoms with E-state index in [1.807, 2.05) is 30.3 Å². The fraction of sp³-hybridized carbons (Fsp3) is 0. The summed E-state index contributed by atoms with van der Waals surface area (Å²) >= 11 is 0. The van der Waals surface area contributed by atoms with Gasteiger partial charge in [-0.3, -0.25) is 0 Å². The first kappa shape index (κ1) is 12.1. The van der Waals surface area contributed by atoms with Gasteiger partial charge in [-0.15, -0.1) is 0 Å². The molecule has 0 aliphatic heterocycles. The molecular formula is C7H11BN2O. The Morgan fingerprint density at radius 2 is 1.64 bits per heavy atom. The summed E-state index contributed by atoms with van der Waals surface area (Å²) in [5.74, 6) is 0. The molecule has 0 amide bonds. The second kappa shape index (κ2) is 8.37. The van der Waals surface area contributed by atoms with E-state index in [0.717, 1.165) is 11.9 Å². The van der Waals surface area contributed by atoms with Crippen LogP contribution in [-0.2, 0) is 0 Å². The molecule has 3 nitrogen and oxygen atoms in total. The summed E-state index contributed by atoms with van der Waals surface area (Å²) in [6, 6.07) is 9.49. The molecule has 0 unspecified atom stereocenters. The van der Waals surface area contributed by atoms with Gasteiger partial charge in [0, 0.05) is 5.69 Å². The van der Waals surface area contributed by atoms with Crippen molar-refractivity contribution < 1.29 is 5.11 Å². The van der Waals surface area contributed by atoms with E-state index >= 15 is 0 Å². The average Bonchev–Trinajstić information content (AvgIpc) is 1.91. The highest BCUT2D eigenvalue weighted by atomic mass is 16.2. The first-order valence-electron chi connectivity index (χ1n) is 2.65. The van der Waals surface area contributed by atoms with Crippen LogP contribution in [0.2, 0.25) is 0 Å². The lowest BCUT2D eigenvalue weighted by Gasteiger charge is -1.83. The number of rotatable bonds is 0. The number of nitrogens with zero attached hydrogens (tertiary/aromatic N) is 1. The molecular weight excluding hydrogens is 139 g/mol. The number of nitrogens with two attached hydrogens (primary N) is 1. The number of aliphatic hydroxyl groups excluding tert-OH is 1. The fourth-order valence-corrected chi connectivity index (χ4v) is 0.453. The van der Waals surface area contributed by atoms with E-state index in [0.29, 0.717) is 0 Å². The molecule has 0 fully saturated rings. The number of hydrogen-bond acceptors (Lipinski definition) is 3. The van der Waals surface area contributed by atoms with Gasteiger partial charge in [0.05, 0.1) is 8.41 Å². The van der Waals surface area contributed by atoms with Crippen molar-refractivity contribution in [2.75, 3.05) is 5.73 Å². The minimum atomic E-state index is 0. The van der Waals surface area contributed by atoms with Gasteiger partial charge in [0.25, 0.3) is 6.26 Å². The van der Waals surface area contributed by atoms with Crippen LogP contribution in [0, 0.1) is 11.5 Å². The number of nitrogen functional groups attached to an aromatic ring is 1. The standard InChI is InChI=1S/C6H7N.CHNO.BH3/c7-6-4-2-1-3-5-6;2-1-3;/h1-5H,7H2;3H;1H3. The number of nitriles is 1. The van der Waals surface area contributed by atoms with Crippen molar-refractivity contribution >= 4 is 14.1 Å². The van der Waals surface area contributed by atoms with E-state index in [1.165, 1.54) is 0 Å². The summed E-state index contributed by atoms with van der Waals surface area (Å²) in [5, 5.41) is 13.8. The second-order valence-electron chi connectivity index (χ2n) is 1.51. The molecule has 0 aliphatic carbocycles. The van der Waals surface area contributed by atoms with Crippen molar-refractivity contribution in [2.24, 2.45) is 0 Å². The Labute approximate surface area is 67.7 Å². The number of aliphatic hydroxyl groups is 1. The number of benzene rings is 1. The highest BCUT2D eigenvalue weighted by Crippen LogP contribution is 1.95. The van der Waals surface area contributed by atoms with E-state index in [1.54, 1.807) is 0 Å². The molecule has 0 saturated heterocycles. The quantitative estimate of drug-likeness (QED) is 0.308. The molecule has 1 aromatic rings. The van der Waals surface area contributed by atoms with Crippen LogP contribution >= 0.6 is 0 Å². The minimum Gasteiger partial charge on any atom is -0.443 e. The fourth-order valence-electron chi connectivity index (χ4n) is 0.453. The number of anilines is 1. The third-order valence-electron chi connectivity index (χ3n) is 0.800. The highest BCUT2D eigenvalue weighted by Gasteiger charge is 1.72. The van der Waals surface area contributed by atoms with Crippen LogP contribution in [-0.4, -0.2) is 13.5 Å². The molecule has 0 heterocycles. The normalized spacial score (nSPS) is 6.09. The number of hydrogen-bond donors (Lipinski definition) is 2. The first-order chi connectivity index (χ1) is 4.81. The predicted octanol–water partition coefficient (Wildman–Crippen LogP) is -0.0751. The van der Waals surface area contributed by atoms with Gasteiger partial charge in [-0.2, -0.15) is 5.26 Å². The summed E-state index contributed by atoms with van der Waals surface area (Å²) in [7, 11) is 0. The number of para-hydroxylation sites is 1. The van der Waals surface area contributed by atoms with Gasteiger partial charge in [0.15, 0.2) is 0 Å². The van der Waals surface area contributed by atoms with Crippen LogP contribution in [0.1, 0.15) is 0 Å². The van der Waals surface area contributed by atoms with E-state index in [4.69, 9.17) is 16.1 Å². The van der Waals surface area contributed by atoms with E-state index < -0.39 is 0 Å². The first-order valence-corrected chi connectivity index (χ1v) is 2.65. The zero-order valence-corrected chi connectivity index (χ0v) is 5.36. The molecule has 0 aromatic heterocycles. The van der Waals surface area contributed by atoms with Gasteiger partial charge < -0.3 is 10.8 Å². The Balaban J connectivity index is 0. The largest absolute Gasteiger partial charge is 0.443 e. The lowest BCUT2D eigenvalue weighted by Crippen LogP contribution is -1.79. The smallest absolute Gasteiger partial charge is 0.283 e. The molecule has 11 heavy (non-hydrogen) atoms. The van der Waals surface area contributed by atoms with E-state index in [9.17, 15) is 0 Å². The third-order valence-corrected chi connectivity index (χ3v) is 0.800. The van der Waals surface area contributed by atoms with Crippen molar-refractivity contribution in [3.8, 4) is 6.26 Å². The van der Waals surface area contributed by atoms with Crippen molar-refractivity contribution in [1.29, 1.82) is 5.26 Å². The monoisotopic (exact) mass is 150 g/mol. The summed E-state index contributed by atoms with van der Waals surface area (Å²) in [5.41, 5.74) is 6.18. The molecule has 3 N–H and O–H groups in total. The van der Waals surface area contributed by atoms with Crippen molar-refractivity contribution in [2.45, 2.75) is 0 Å². The Hall–Kier alpha value is -1.63. The van der Waals surface area contributed by atoms with Crippen LogP contribution in [0.15, 0.2) is 30.3 Å². The van der Waals surface area contributed by atoms with Gasteiger partial charge in [-0.05, 0) is 12.1 Å². The van der Waals surface area contributed by atoms with E-state index in [-0.39, 0.29) is 8.41 Å². The molecule has 4 heteroatoms. The molecule has 58 valence electrons. The van der Waals surface area contributed by atoms with Crippen LogP contribution in [0.4, 0.5) is 5.69 Å². The summed E-state index contributed by atoms with van der Waals surface area (Å²) < 4.78 is 0. The van der Waals surface area contributed by atoms with E-state index in [2.05, 4.69) is 0 Å². The molecule has 1 rings (SSSR count). The lowest BCUT2D eigenvalue weighted by atomic mass is 10.3. The second-order valence-corrected chi connectivity index (χ2v) is 1.51. The molecule has 0 bridgehead atoms. The SMILES string of the molecule is B.N#CO.Nc1ccccc1. The van der Waals surface area contributed by atoms with Gasteiger partial charge >= 0.3 is 0 Å². The van der Waals surface area contributed by atoms with Crippen molar-refractivity contribution in [1.82, 2.24) is 0 Å². The average molecular weight is 150 g/mol. The van der Waals surface area contributed by atoms with Crippen molar-refractivity contribution in [3.05, 3.63) is 30.3 Å². The third kappa shape index (κ3) is 8.37. The maximum atomic E-state index is 6.88. The minimum absolute atomic E-state index is 0. The summed E-state index contributed by atoms with van der Waals surface area (Å²) in [6.07, 6.45) is 0.750. The van der Waals surface area contributed by atoms with Crippen LogP contribution in [0.5, 0.6) is 0 Å². The van der Waals surface area contributed by atoms with Crippen LogP contribution < -0.4 is 5.73 Å². The van der Waals surface area contributed by atoms with Crippen molar-refractivity contribution in [3.63, 3.8) is 0 Å². The van der Waals surface area contributed by atoms with Crippen LogP contribution in [0.3, 0.4) is 0 Å². The maximum Gasteiger partial charge on any atom is 0.283 e. The molecule has 0 spiro atoms. The van der Waals surface area contributed by atoms with Crippen LogP contribution in [0.25, 0.3) is 0 Å². The molecule has 0 saturated carbocycles. The lowest BCUT2D eigenvalue weighted by molar-refractivity contribution is 0.503. The van der Waals surface area contributed by atoms with Gasteiger partial charge in [0.2, 0.25) is 0 Å². The zero-order chi connectivity index (χ0) is 7.82. The maximum absolute atomic E-state index is 6.88. The Bertz CT molecular complexity index is 207. The van der Waals surface area contributed by atoms with Gasteiger partial charge in [-0.1, -0.05) is 18.2 Å². The van der Waals surface area contributed by atoms with Gasteiger partial charge in [-0.25, -0.2) is 0 Å². The topological polar surface area (TPSA) is 70.0 Å². The zero-order valence-electron chi connectivity index (χ0n) is 5.36. The Morgan fingerprint density at radius 3 is 1.82 bits per heavy atom.